The van der Waals surface area contributed by atoms with Gasteiger partial charge in [-0.1, -0.05) is 26.7 Å². The van der Waals surface area contributed by atoms with Crippen LogP contribution in [0, 0.1) is 17.3 Å². The summed E-state index contributed by atoms with van der Waals surface area (Å²) < 4.78 is 0. The van der Waals surface area contributed by atoms with Crippen molar-refractivity contribution >= 4 is 23.2 Å². The van der Waals surface area contributed by atoms with Gasteiger partial charge in [0, 0.05) is 24.3 Å². The van der Waals surface area contributed by atoms with Crippen LogP contribution in [0.25, 0.3) is 0 Å². The van der Waals surface area contributed by atoms with Gasteiger partial charge in [0.1, 0.15) is 0 Å². The molecule has 1 aromatic carbocycles. The molecule has 1 saturated heterocycles. The van der Waals surface area contributed by atoms with Crippen molar-refractivity contribution in [2.75, 3.05) is 23.7 Å². The zero-order valence-electron chi connectivity index (χ0n) is 15.2. The summed E-state index contributed by atoms with van der Waals surface area (Å²) in [6.45, 7) is 5.78. The molecule has 3 N–H and O–H groups in total. The van der Waals surface area contributed by atoms with Gasteiger partial charge in [-0.25, -0.2) is 0 Å². The van der Waals surface area contributed by atoms with Crippen LogP contribution < -0.4 is 16.0 Å². The first-order chi connectivity index (χ1) is 12.0. The van der Waals surface area contributed by atoms with Crippen LogP contribution >= 0.6 is 0 Å². The Morgan fingerprint density at radius 3 is 2.52 bits per heavy atom. The number of carbonyl (C=O) groups is 2. The molecule has 0 unspecified atom stereocenters. The molecule has 136 valence electrons. The summed E-state index contributed by atoms with van der Waals surface area (Å²) in [6.07, 6.45) is 4.98. The number of rotatable bonds is 5. The highest BCUT2D eigenvalue weighted by Crippen LogP contribution is 2.44. The summed E-state index contributed by atoms with van der Waals surface area (Å²) in [4.78, 5) is 24.8. The summed E-state index contributed by atoms with van der Waals surface area (Å²) in [5, 5.41) is 9.40. The van der Waals surface area contributed by atoms with Crippen molar-refractivity contribution < 1.29 is 9.59 Å². The molecular weight excluding hydrogens is 314 g/mol. The fourth-order valence-electron chi connectivity index (χ4n) is 4.17. The molecule has 1 aliphatic heterocycles. The van der Waals surface area contributed by atoms with Gasteiger partial charge in [0.05, 0.1) is 5.41 Å². The Hall–Kier alpha value is -1.88. The van der Waals surface area contributed by atoms with Crippen LogP contribution in [0.1, 0.15) is 46.0 Å². The second-order valence-electron chi connectivity index (χ2n) is 7.91. The van der Waals surface area contributed by atoms with Crippen LogP contribution in [-0.2, 0) is 9.59 Å². The number of anilines is 2. The Morgan fingerprint density at radius 1 is 1.16 bits per heavy atom. The van der Waals surface area contributed by atoms with Gasteiger partial charge in [-0.05, 0) is 55.5 Å². The van der Waals surface area contributed by atoms with Crippen LogP contribution in [0.5, 0.6) is 0 Å². The molecule has 0 radical (unpaired) electrons. The number of hydrogen-bond acceptors (Lipinski definition) is 3. The highest BCUT2D eigenvalue weighted by atomic mass is 16.2. The Bertz CT molecular complexity index is 626. The van der Waals surface area contributed by atoms with Gasteiger partial charge in [0.15, 0.2) is 0 Å². The summed E-state index contributed by atoms with van der Waals surface area (Å²) >= 11 is 0. The van der Waals surface area contributed by atoms with E-state index in [4.69, 9.17) is 0 Å². The number of benzene rings is 1. The molecule has 5 nitrogen and oxygen atoms in total. The molecule has 0 aromatic heterocycles. The van der Waals surface area contributed by atoms with Crippen LogP contribution in [-0.4, -0.2) is 24.9 Å². The Morgan fingerprint density at radius 2 is 1.84 bits per heavy atom. The standard InChI is InChI=1S/C20H29N3O2/c1-14(2)11-18(24)22-16-6-8-17(9-7-16)23-19(25)20-10-4-3-5-15(20)12-21-13-20/h6-9,14-15,21H,3-5,10-13H2,1-2H3,(H,22,24)(H,23,25)/t15-,20+/m0/s1. The lowest BCUT2D eigenvalue weighted by molar-refractivity contribution is -0.128. The first-order valence-corrected chi connectivity index (χ1v) is 9.42. The third kappa shape index (κ3) is 4.03. The van der Waals surface area contributed by atoms with Gasteiger partial charge in [0.25, 0.3) is 0 Å². The van der Waals surface area contributed by atoms with Gasteiger partial charge in [-0.3, -0.25) is 9.59 Å². The molecule has 2 amide bonds. The van der Waals surface area contributed by atoms with Gasteiger partial charge in [0.2, 0.25) is 11.8 Å². The molecule has 5 heteroatoms. The Labute approximate surface area is 150 Å². The van der Waals surface area contributed by atoms with Crippen molar-refractivity contribution in [1.29, 1.82) is 0 Å². The molecule has 1 heterocycles. The maximum Gasteiger partial charge on any atom is 0.232 e. The third-order valence-electron chi connectivity index (χ3n) is 5.51. The number of nitrogens with one attached hydrogen (secondary N) is 3. The highest BCUT2D eigenvalue weighted by molar-refractivity contribution is 5.96. The minimum atomic E-state index is -0.248. The number of amides is 2. The zero-order chi connectivity index (χ0) is 17.9. The van der Waals surface area contributed by atoms with E-state index >= 15 is 0 Å². The van der Waals surface area contributed by atoms with Crippen molar-refractivity contribution in [2.45, 2.75) is 46.0 Å². The monoisotopic (exact) mass is 343 g/mol. The number of carbonyl (C=O) groups excluding carboxylic acids is 2. The smallest absolute Gasteiger partial charge is 0.232 e. The van der Waals surface area contributed by atoms with Crippen molar-refractivity contribution in [2.24, 2.45) is 17.3 Å². The van der Waals surface area contributed by atoms with Crippen LogP contribution in [0.4, 0.5) is 11.4 Å². The van der Waals surface area contributed by atoms with E-state index in [-0.39, 0.29) is 17.2 Å². The van der Waals surface area contributed by atoms with Crippen molar-refractivity contribution in [3.05, 3.63) is 24.3 Å². The molecule has 1 saturated carbocycles. The summed E-state index contributed by atoms with van der Waals surface area (Å²) in [5.74, 6) is 0.948. The van der Waals surface area contributed by atoms with Crippen molar-refractivity contribution in [1.82, 2.24) is 5.32 Å². The lowest BCUT2D eigenvalue weighted by Gasteiger charge is -2.37. The minimum absolute atomic E-state index is 0.0211. The van der Waals surface area contributed by atoms with Gasteiger partial charge in [-0.15, -0.1) is 0 Å². The molecule has 0 bridgehead atoms. The summed E-state index contributed by atoms with van der Waals surface area (Å²) in [7, 11) is 0. The van der Waals surface area contributed by atoms with E-state index in [0.29, 0.717) is 18.3 Å². The fraction of sp³-hybridized carbons (Fsp3) is 0.600. The molecule has 1 aliphatic carbocycles. The second kappa shape index (κ2) is 7.56. The largest absolute Gasteiger partial charge is 0.326 e. The van der Waals surface area contributed by atoms with Crippen molar-refractivity contribution in [3.8, 4) is 0 Å². The average molecular weight is 343 g/mol. The van der Waals surface area contributed by atoms with Gasteiger partial charge >= 0.3 is 0 Å². The van der Waals surface area contributed by atoms with Gasteiger partial charge in [-0.2, -0.15) is 0 Å². The van der Waals surface area contributed by atoms with Crippen LogP contribution in [0.15, 0.2) is 24.3 Å². The number of fused-ring (bicyclic) bond motifs is 1. The lowest BCUT2D eigenvalue weighted by Crippen LogP contribution is -2.44. The number of hydrogen-bond donors (Lipinski definition) is 3. The summed E-state index contributed by atoms with van der Waals surface area (Å²) in [5.41, 5.74) is 1.31. The minimum Gasteiger partial charge on any atom is -0.326 e. The van der Waals surface area contributed by atoms with E-state index in [2.05, 4.69) is 16.0 Å². The fourth-order valence-corrected chi connectivity index (χ4v) is 4.17. The maximum absolute atomic E-state index is 12.9. The first kappa shape index (κ1) is 17.9. The second-order valence-corrected chi connectivity index (χ2v) is 7.91. The molecule has 0 spiro atoms. The molecule has 2 aliphatic rings. The highest BCUT2D eigenvalue weighted by Gasteiger charge is 2.49. The molecule has 3 rings (SSSR count). The molecule has 2 atom stereocenters. The molecular formula is C20H29N3O2. The topological polar surface area (TPSA) is 70.2 Å². The normalized spacial score (nSPS) is 25.5. The third-order valence-corrected chi connectivity index (χ3v) is 5.51. The van der Waals surface area contributed by atoms with E-state index < -0.39 is 0 Å². The quantitative estimate of drug-likeness (QED) is 0.767. The zero-order valence-corrected chi connectivity index (χ0v) is 15.2. The van der Waals surface area contributed by atoms with Gasteiger partial charge < -0.3 is 16.0 Å². The molecule has 2 fully saturated rings. The molecule has 1 aromatic rings. The van der Waals surface area contributed by atoms with Crippen molar-refractivity contribution in [3.63, 3.8) is 0 Å². The van der Waals surface area contributed by atoms with E-state index in [1.165, 1.54) is 6.42 Å². The van der Waals surface area contributed by atoms with E-state index in [1.807, 2.05) is 38.1 Å². The van der Waals surface area contributed by atoms with Crippen LogP contribution in [0.2, 0.25) is 0 Å². The van der Waals surface area contributed by atoms with E-state index in [9.17, 15) is 9.59 Å². The predicted molar refractivity (Wildman–Crippen MR) is 100 cm³/mol. The first-order valence-electron chi connectivity index (χ1n) is 9.42. The summed E-state index contributed by atoms with van der Waals surface area (Å²) in [6, 6.07) is 7.41. The maximum atomic E-state index is 12.9. The Balaban J connectivity index is 1.61. The predicted octanol–water partition coefficient (Wildman–Crippen LogP) is 3.39. The molecule has 25 heavy (non-hydrogen) atoms. The van der Waals surface area contributed by atoms with Crippen LogP contribution in [0.3, 0.4) is 0 Å². The van der Waals surface area contributed by atoms with E-state index in [1.54, 1.807) is 0 Å². The van der Waals surface area contributed by atoms with E-state index in [0.717, 1.165) is 43.7 Å². The average Bonchev–Trinajstić information content (AvgIpc) is 3.01. The Kier molecular flexibility index (Phi) is 5.42. The lowest BCUT2D eigenvalue weighted by atomic mass is 9.67. The SMILES string of the molecule is CC(C)CC(=O)Nc1ccc(NC(=O)[C@@]23CCCC[C@H]2CNC3)cc1.